The minimum Gasteiger partial charge on any atom is -0.350 e. The van der Waals surface area contributed by atoms with Crippen LogP contribution in [0.5, 0.6) is 0 Å². The minimum absolute atomic E-state index is 0.0638. The number of nitrogens with zero attached hydrogens (tertiary/aromatic N) is 1. The first-order valence-corrected chi connectivity index (χ1v) is 9.31. The lowest BCUT2D eigenvalue weighted by Gasteiger charge is -2.34. The third-order valence-corrected chi connectivity index (χ3v) is 5.45. The number of carbonyl (C=O) groups is 1. The van der Waals surface area contributed by atoms with Gasteiger partial charge in [-0.3, -0.25) is 9.69 Å². The third-order valence-electron chi connectivity index (χ3n) is 4.25. The maximum Gasteiger partial charge on any atom is 0.251 e. The van der Waals surface area contributed by atoms with Crippen molar-refractivity contribution in [3.8, 4) is 0 Å². The topological polar surface area (TPSA) is 32.3 Å². The predicted molar refractivity (Wildman–Crippen MR) is 96.3 cm³/mol. The number of nitrogens with one attached hydrogen (secondary N) is 1. The van der Waals surface area contributed by atoms with Gasteiger partial charge in [0.2, 0.25) is 0 Å². The molecular weight excluding hydrogens is 328 g/mol. The number of benzene rings is 1. The van der Waals surface area contributed by atoms with E-state index in [1.54, 1.807) is 35.6 Å². The van der Waals surface area contributed by atoms with E-state index in [-0.39, 0.29) is 11.9 Å². The highest BCUT2D eigenvalue weighted by Crippen LogP contribution is 2.27. The van der Waals surface area contributed by atoms with Crippen molar-refractivity contribution in [1.29, 1.82) is 0 Å². The van der Waals surface area contributed by atoms with Gasteiger partial charge in [-0.25, -0.2) is 0 Å². The largest absolute Gasteiger partial charge is 0.350 e. The summed E-state index contributed by atoms with van der Waals surface area (Å²) >= 11 is 7.73. The van der Waals surface area contributed by atoms with Crippen LogP contribution in [0.2, 0.25) is 5.02 Å². The summed E-state index contributed by atoms with van der Waals surface area (Å²) in [6, 6.07) is 11.6. The fourth-order valence-electron chi connectivity index (χ4n) is 3.04. The fraction of sp³-hybridized carbons (Fsp3) is 0.389. The molecule has 0 unspecified atom stereocenters. The Labute approximate surface area is 146 Å². The molecule has 2 heterocycles. The Balaban J connectivity index is 1.67. The number of likely N-dealkylation sites (tertiary alicyclic amines) is 1. The predicted octanol–water partition coefficient (Wildman–Crippen LogP) is 4.36. The fourth-order valence-corrected chi connectivity index (χ4v) is 4.09. The monoisotopic (exact) mass is 348 g/mol. The highest BCUT2D eigenvalue weighted by atomic mass is 35.5. The van der Waals surface area contributed by atoms with Crippen LogP contribution in [0.4, 0.5) is 0 Å². The SMILES string of the molecule is O=C(NC[C@H](c1cccs1)N1CCCCC1)c1cccc(Cl)c1. The zero-order chi connectivity index (χ0) is 16.1. The molecule has 1 aliphatic heterocycles. The van der Waals surface area contributed by atoms with E-state index in [0.717, 1.165) is 13.1 Å². The molecular formula is C18H21ClN2OS. The molecule has 0 saturated carbocycles. The molecule has 1 atom stereocenters. The van der Waals surface area contributed by atoms with E-state index in [1.165, 1.54) is 24.1 Å². The molecule has 1 fully saturated rings. The Bertz CT molecular complexity index is 638. The van der Waals surface area contributed by atoms with Crippen LogP contribution in [0.25, 0.3) is 0 Å². The van der Waals surface area contributed by atoms with Gasteiger partial charge in [0.1, 0.15) is 0 Å². The average Bonchev–Trinajstić information content (AvgIpc) is 3.10. The smallest absolute Gasteiger partial charge is 0.251 e. The number of amides is 1. The molecule has 0 bridgehead atoms. The van der Waals surface area contributed by atoms with Crippen LogP contribution in [-0.2, 0) is 0 Å². The van der Waals surface area contributed by atoms with Crippen molar-refractivity contribution in [3.05, 3.63) is 57.2 Å². The van der Waals surface area contributed by atoms with Gasteiger partial charge in [0.25, 0.3) is 5.91 Å². The molecule has 1 aromatic carbocycles. The summed E-state index contributed by atoms with van der Waals surface area (Å²) in [5.74, 6) is -0.0638. The van der Waals surface area contributed by atoms with Crippen molar-refractivity contribution in [2.24, 2.45) is 0 Å². The van der Waals surface area contributed by atoms with E-state index >= 15 is 0 Å². The Morgan fingerprint density at radius 1 is 1.22 bits per heavy atom. The molecule has 1 saturated heterocycles. The molecule has 1 aromatic heterocycles. The van der Waals surface area contributed by atoms with Crippen LogP contribution in [0.3, 0.4) is 0 Å². The van der Waals surface area contributed by atoms with Crippen LogP contribution < -0.4 is 5.32 Å². The Kier molecular flexibility index (Phi) is 5.70. The van der Waals surface area contributed by atoms with Crippen LogP contribution in [0.15, 0.2) is 41.8 Å². The number of piperidine rings is 1. The maximum absolute atomic E-state index is 12.4. The lowest BCUT2D eigenvalue weighted by atomic mass is 10.1. The van der Waals surface area contributed by atoms with Crippen molar-refractivity contribution in [2.45, 2.75) is 25.3 Å². The van der Waals surface area contributed by atoms with Gasteiger partial charge >= 0.3 is 0 Å². The summed E-state index contributed by atoms with van der Waals surface area (Å²) in [7, 11) is 0. The molecule has 0 radical (unpaired) electrons. The number of rotatable bonds is 5. The molecule has 1 N–H and O–H groups in total. The van der Waals surface area contributed by atoms with Crippen molar-refractivity contribution in [2.75, 3.05) is 19.6 Å². The van der Waals surface area contributed by atoms with Crippen LogP contribution in [0, 0.1) is 0 Å². The lowest BCUT2D eigenvalue weighted by molar-refractivity contribution is 0.0925. The second-order valence-electron chi connectivity index (χ2n) is 5.85. The van der Waals surface area contributed by atoms with Crippen molar-refractivity contribution in [3.63, 3.8) is 0 Å². The highest BCUT2D eigenvalue weighted by molar-refractivity contribution is 7.10. The van der Waals surface area contributed by atoms with Crippen LogP contribution >= 0.6 is 22.9 Å². The van der Waals surface area contributed by atoms with Gasteiger partial charge in [0, 0.05) is 22.0 Å². The maximum atomic E-state index is 12.4. The molecule has 0 aliphatic carbocycles. The highest BCUT2D eigenvalue weighted by Gasteiger charge is 2.23. The summed E-state index contributed by atoms with van der Waals surface area (Å²) in [5, 5.41) is 5.77. The van der Waals surface area contributed by atoms with E-state index in [1.807, 2.05) is 0 Å². The summed E-state index contributed by atoms with van der Waals surface area (Å²) < 4.78 is 0. The standard InChI is InChI=1S/C18H21ClN2OS/c19-15-7-4-6-14(12-15)18(22)20-13-16(17-8-5-11-23-17)21-9-2-1-3-10-21/h4-8,11-12,16H,1-3,9-10,13H2,(H,20,22)/t16-/m1/s1. The summed E-state index contributed by atoms with van der Waals surface area (Å²) in [6.45, 7) is 2.84. The van der Waals surface area contributed by atoms with Gasteiger partial charge in [0.05, 0.1) is 6.04 Å². The number of thiophene rings is 1. The Morgan fingerprint density at radius 3 is 2.74 bits per heavy atom. The van der Waals surface area contributed by atoms with Gasteiger partial charge < -0.3 is 5.32 Å². The Hall–Kier alpha value is -1.36. The van der Waals surface area contributed by atoms with Gasteiger partial charge in [-0.1, -0.05) is 30.2 Å². The first-order valence-electron chi connectivity index (χ1n) is 8.05. The van der Waals surface area contributed by atoms with Crippen molar-refractivity contribution >= 4 is 28.8 Å². The van der Waals surface area contributed by atoms with Gasteiger partial charge in [-0.05, 0) is 55.6 Å². The third kappa shape index (κ3) is 4.34. The van der Waals surface area contributed by atoms with Crippen molar-refractivity contribution < 1.29 is 4.79 Å². The molecule has 5 heteroatoms. The normalized spacial score (nSPS) is 16.9. The van der Waals surface area contributed by atoms with Crippen LogP contribution in [-0.4, -0.2) is 30.4 Å². The van der Waals surface area contributed by atoms with E-state index in [4.69, 9.17) is 11.6 Å². The zero-order valence-electron chi connectivity index (χ0n) is 13.0. The summed E-state index contributed by atoms with van der Waals surface area (Å²) in [5.41, 5.74) is 0.612. The number of carbonyl (C=O) groups excluding carboxylic acids is 1. The van der Waals surface area contributed by atoms with Crippen LogP contribution in [0.1, 0.15) is 40.5 Å². The molecule has 1 aliphatic rings. The lowest BCUT2D eigenvalue weighted by Crippen LogP contribution is -2.40. The summed E-state index contributed by atoms with van der Waals surface area (Å²) in [6.07, 6.45) is 3.79. The van der Waals surface area contributed by atoms with E-state index in [0.29, 0.717) is 17.1 Å². The number of hydrogen-bond donors (Lipinski definition) is 1. The minimum atomic E-state index is -0.0638. The van der Waals surface area contributed by atoms with Gasteiger partial charge in [-0.15, -0.1) is 11.3 Å². The van der Waals surface area contributed by atoms with Gasteiger partial charge in [-0.2, -0.15) is 0 Å². The first kappa shape index (κ1) is 16.5. The second kappa shape index (κ2) is 7.95. The quantitative estimate of drug-likeness (QED) is 0.870. The number of halogens is 1. The second-order valence-corrected chi connectivity index (χ2v) is 7.26. The van der Waals surface area contributed by atoms with Gasteiger partial charge in [0.15, 0.2) is 0 Å². The molecule has 0 spiro atoms. The molecule has 23 heavy (non-hydrogen) atoms. The molecule has 1 amide bonds. The zero-order valence-corrected chi connectivity index (χ0v) is 14.6. The van der Waals surface area contributed by atoms with E-state index < -0.39 is 0 Å². The molecule has 3 rings (SSSR count). The van der Waals surface area contributed by atoms with E-state index in [2.05, 4.69) is 27.7 Å². The first-order chi connectivity index (χ1) is 11.2. The van der Waals surface area contributed by atoms with Crippen molar-refractivity contribution in [1.82, 2.24) is 10.2 Å². The molecule has 2 aromatic rings. The average molecular weight is 349 g/mol. The number of hydrogen-bond acceptors (Lipinski definition) is 3. The van der Waals surface area contributed by atoms with E-state index in [9.17, 15) is 4.79 Å². The molecule has 122 valence electrons. The summed E-state index contributed by atoms with van der Waals surface area (Å²) in [4.78, 5) is 16.2. The molecule has 3 nitrogen and oxygen atoms in total. The Morgan fingerprint density at radius 2 is 2.04 bits per heavy atom.